The van der Waals surface area contributed by atoms with Crippen LogP contribution in [0, 0.1) is 5.82 Å². The molecule has 0 bridgehead atoms. The highest BCUT2D eigenvalue weighted by Crippen LogP contribution is 2.08. The van der Waals surface area contributed by atoms with Crippen LogP contribution in [0.5, 0.6) is 0 Å². The van der Waals surface area contributed by atoms with E-state index in [4.69, 9.17) is 0 Å². The van der Waals surface area contributed by atoms with Gasteiger partial charge in [-0.3, -0.25) is 14.6 Å². The highest BCUT2D eigenvalue weighted by atomic mass is 19.1. The lowest BCUT2D eigenvalue weighted by atomic mass is 10.2. The highest BCUT2D eigenvalue weighted by Gasteiger charge is 2.06. The third kappa shape index (κ3) is 6.04. The van der Waals surface area contributed by atoms with E-state index in [-0.39, 0.29) is 30.5 Å². The maximum Gasteiger partial charge on any atom is 0.240 e. The Balaban J connectivity index is 1.70. The number of hydrogen-bond acceptors (Lipinski definition) is 4. The second-order valence-electron chi connectivity index (χ2n) is 4.63. The summed E-state index contributed by atoms with van der Waals surface area (Å²) in [4.78, 5) is 27.1. The number of amides is 2. The van der Waals surface area contributed by atoms with Crippen LogP contribution in [-0.4, -0.2) is 23.0 Å². The van der Waals surface area contributed by atoms with Gasteiger partial charge in [-0.2, -0.15) is 5.10 Å². The highest BCUT2D eigenvalue weighted by molar-refractivity contribution is 5.93. The van der Waals surface area contributed by atoms with Gasteiger partial charge in [0.2, 0.25) is 11.8 Å². The molecular formula is C16H15FN4O2. The fraction of sp³-hybridized carbons (Fsp3) is 0.125. The van der Waals surface area contributed by atoms with Crippen molar-refractivity contribution in [3.8, 4) is 0 Å². The van der Waals surface area contributed by atoms with Gasteiger partial charge in [-0.25, -0.2) is 9.82 Å². The van der Waals surface area contributed by atoms with Gasteiger partial charge in [0.05, 0.1) is 6.21 Å². The number of nitrogens with one attached hydrogen (secondary N) is 2. The standard InChI is InChI=1S/C16H15FN4O2/c17-13-3-5-14(6-4-13)20-15(22)7-8-16(23)21-19-11-12-2-1-9-18-10-12/h1-6,9-11H,7-8H2,(H,20,22)(H,21,23)/b19-11+. The lowest BCUT2D eigenvalue weighted by Crippen LogP contribution is -2.20. The summed E-state index contributed by atoms with van der Waals surface area (Å²) < 4.78 is 12.7. The Morgan fingerprint density at radius 3 is 2.57 bits per heavy atom. The van der Waals surface area contributed by atoms with E-state index in [2.05, 4.69) is 20.8 Å². The number of benzene rings is 1. The Hall–Kier alpha value is -3.09. The molecule has 0 spiro atoms. The molecule has 7 heteroatoms. The van der Waals surface area contributed by atoms with Gasteiger partial charge in [0, 0.05) is 36.5 Å². The van der Waals surface area contributed by atoms with Gasteiger partial charge in [0.15, 0.2) is 0 Å². The van der Waals surface area contributed by atoms with Gasteiger partial charge in [-0.15, -0.1) is 0 Å². The molecule has 0 aliphatic rings. The molecule has 1 aromatic carbocycles. The number of aromatic nitrogens is 1. The lowest BCUT2D eigenvalue weighted by molar-refractivity contribution is -0.124. The molecule has 0 saturated heterocycles. The molecule has 0 radical (unpaired) electrons. The minimum Gasteiger partial charge on any atom is -0.326 e. The summed E-state index contributed by atoms with van der Waals surface area (Å²) in [7, 11) is 0. The van der Waals surface area contributed by atoms with Gasteiger partial charge < -0.3 is 5.32 Å². The number of hydrazone groups is 1. The van der Waals surface area contributed by atoms with Crippen molar-refractivity contribution in [2.24, 2.45) is 5.10 Å². The monoisotopic (exact) mass is 314 g/mol. The van der Waals surface area contributed by atoms with E-state index in [1.54, 1.807) is 24.5 Å². The Kier molecular flexibility index (Phi) is 5.93. The van der Waals surface area contributed by atoms with Crippen molar-refractivity contribution >= 4 is 23.7 Å². The summed E-state index contributed by atoms with van der Waals surface area (Å²) in [5.74, 6) is -1.09. The van der Waals surface area contributed by atoms with Crippen molar-refractivity contribution in [2.45, 2.75) is 12.8 Å². The predicted octanol–water partition coefficient (Wildman–Crippen LogP) is 2.09. The topological polar surface area (TPSA) is 83.5 Å². The largest absolute Gasteiger partial charge is 0.326 e. The number of carbonyl (C=O) groups is 2. The number of anilines is 1. The maximum atomic E-state index is 12.7. The molecule has 23 heavy (non-hydrogen) atoms. The molecular weight excluding hydrogens is 299 g/mol. The number of hydrogen-bond donors (Lipinski definition) is 2. The smallest absolute Gasteiger partial charge is 0.240 e. The van der Waals surface area contributed by atoms with Gasteiger partial charge in [-0.05, 0) is 30.3 Å². The second kappa shape index (κ2) is 8.38. The fourth-order valence-corrected chi connectivity index (χ4v) is 1.67. The molecule has 0 atom stereocenters. The van der Waals surface area contributed by atoms with Crippen LogP contribution >= 0.6 is 0 Å². The molecule has 1 aromatic heterocycles. The zero-order valence-electron chi connectivity index (χ0n) is 12.2. The number of halogens is 1. The number of rotatable bonds is 6. The van der Waals surface area contributed by atoms with Crippen molar-refractivity contribution in [3.05, 3.63) is 60.2 Å². The first kappa shape index (κ1) is 16.3. The molecule has 0 aliphatic carbocycles. The van der Waals surface area contributed by atoms with Crippen LogP contribution in [-0.2, 0) is 9.59 Å². The quantitative estimate of drug-likeness (QED) is 0.632. The van der Waals surface area contributed by atoms with Crippen molar-refractivity contribution in [1.29, 1.82) is 0 Å². The Morgan fingerprint density at radius 2 is 1.87 bits per heavy atom. The van der Waals surface area contributed by atoms with Crippen LogP contribution in [0.25, 0.3) is 0 Å². The van der Waals surface area contributed by atoms with E-state index in [0.29, 0.717) is 5.69 Å². The molecule has 118 valence electrons. The van der Waals surface area contributed by atoms with Crippen molar-refractivity contribution in [3.63, 3.8) is 0 Å². The molecule has 2 aromatic rings. The third-order valence-corrected chi connectivity index (χ3v) is 2.79. The van der Waals surface area contributed by atoms with E-state index in [0.717, 1.165) is 5.56 Å². The van der Waals surface area contributed by atoms with E-state index in [9.17, 15) is 14.0 Å². The second-order valence-corrected chi connectivity index (χ2v) is 4.63. The van der Waals surface area contributed by atoms with Crippen LogP contribution in [0.3, 0.4) is 0 Å². The van der Waals surface area contributed by atoms with E-state index in [1.165, 1.54) is 30.5 Å². The summed E-state index contributed by atoms with van der Waals surface area (Å²) in [6.45, 7) is 0. The average Bonchev–Trinajstić information content (AvgIpc) is 2.56. The number of nitrogens with zero attached hydrogens (tertiary/aromatic N) is 2. The van der Waals surface area contributed by atoms with Crippen LogP contribution in [0.15, 0.2) is 53.9 Å². The lowest BCUT2D eigenvalue weighted by Gasteiger charge is -2.04. The normalized spacial score (nSPS) is 10.5. The first-order valence-electron chi connectivity index (χ1n) is 6.91. The summed E-state index contributed by atoms with van der Waals surface area (Å²) in [5, 5.41) is 6.35. The van der Waals surface area contributed by atoms with Crippen LogP contribution < -0.4 is 10.7 Å². The molecule has 2 N–H and O–H groups in total. The first-order valence-corrected chi connectivity index (χ1v) is 6.91. The van der Waals surface area contributed by atoms with Gasteiger partial charge in [0.1, 0.15) is 5.82 Å². The molecule has 0 unspecified atom stereocenters. The molecule has 1 heterocycles. The molecule has 6 nitrogen and oxygen atoms in total. The average molecular weight is 314 g/mol. The molecule has 2 rings (SSSR count). The summed E-state index contributed by atoms with van der Waals surface area (Å²) in [6.07, 6.45) is 4.70. The molecule has 0 aliphatic heterocycles. The van der Waals surface area contributed by atoms with Crippen molar-refractivity contribution in [2.75, 3.05) is 5.32 Å². The van der Waals surface area contributed by atoms with E-state index < -0.39 is 0 Å². The summed E-state index contributed by atoms with van der Waals surface area (Å²) in [5.41, 5.74) is 3.56. The Labute approximate surface area is 132 Å². The van der Waals surface area contributed by atoms with Gasteiger partial charge in [0.25, 0.3) is 0 Å². The van der Waals surface area contributed by atoms with E-state index in [1.807, 2.05) is 0 Å². The van der Waals surface area contributed by atoms with Crippen LogP contribution in [0.4, 0.5) is 10.1 Å². The van der Waals surface area contributed by atoms with Crippen molar-refractivity contribution < 1.29 is 14.0 Å². The van der Waals surface area contributed by atoms with Crippen LogP contribution in [0.1, 0.15) is 18.4 Å². The van der Waals surface area contributed by atoms with Crippen LogP contribution in [0.2, 0.25) is 0 Å². The molecule has 0 saturated carbocycles. The summed E-state index contributed by atoms with van der Waals surface area (Å²) in [6, 6.07) is 8.93. The zero-order valence-corrected chi connectivity index (χ0v) is 12.2. The predicted molar refractivity (Wildman–Crippen MR) is 84.2 cm³/mol. The third-order valence-electron chi connectivity index (χ3n) is 2.79. The number of carbonyl (C=O) groups excluding carboxylic acids is 2. The van der Waals surface area contributed by atoms with Gasteiger partial charge >= 0.3 is 0 Å². The molecule has 0 fully saturated rings. The molecule has 2 amide bonds. The first-order chi connectivity index (χ1) is 11.1. The SMILES string of the molecule is O=C(CCC(=O)Nc1ccc(F)cc1)N/N=C/c1cccnc1. The fourth-order valence-electron chi connectivity index (χ4n) is 1.67. The maximum absolute atomic E-state index is 12.7. The number of pyridine rings is 1. The Bertz CT molecular complexity index is 687. The van der Waals surface area contributed by atoms with Gasteiger partial charge in [-0.1, -0.05) is 6.07 Å². The minimum atomic E-state index is -0.381. The van der Waals surface area contributed by atoms with E-state index >= 15 is 0 Å². The minimum absolute atomic E-state index is 0.00257. The Morgan fingerprint density at radius 1 is 1.13 bits per heavy atom. The summed E-state index contributed by atoms with van der Waals surface area (Å²) >= 11 is 0. The zero-order chi connectivity index (χ0) is 16.5. The van der Waals surface area contributed by atoms with Crippen molar-refractivity contribution in [1.82, 2.24) is 10.4 Å².